The van der Waals surface area contributed by atoms with Gasteiger partial charge in [-0.3, -0.25) is 4.79 Å². The van der Waals surface area contributed by atoms with Gasteiger partial charge in [0.25, 0.3) is 5.91 Å². The molecule has 3 nitrogen and oxygen atoms in total. The number of nitrogens with zero attached hydrogens (tertiary/aromatic N) is 2. The number of carbonyl (C=O) groups is 1. The van der Waals surface area contributed by atoms with Gasteiger partial charge in [-0.25, -0.2) is 0 Å². The summed E-state index contributed by atoms with van der Waals surface area (Å²) in [5, 5.41) is 0. The maximum Gasteiger partial charge on any atom is 0.416 e. The molecule has 0 bridgehead atoms. The van der Waals surface area contributed by atoms with Gasteiger partial charge in [-0.1, -0.05) is 49.7 Å². The minimum absolute atomic E-state index is 0.0138. The van der Waals surface area contributed by atoms with Crippen molar-refractivity contribution in [3.63, 3.8) is 0 Å². The maximum absolute atomic E-state index is 13.4. The fourth-order valence-electron chi connectivity index (χ4n) is 4.78. The normalized spacial score (nSPS) is 19.5. The first kappa shape index (κ1) is 25.3. The Labute approximate surface area is 195 Å². The van der Waals surface area contributed by atoms with Crippen LogP contribution in [0.5, 0.6) is 0 Å². The second kappa shape index (κ2) is 10.3. The molecule has 1 amide bonds. The monoisotopic (exact) mass is 460 g/mol. The molecular weight excluding hydrogens is 425 g/mol. The third-order valence-corrected chi connectivity index (χ3v) is 6.40. The number of amides is 1. The van der Waals surface area contributed by atoms with Crippen LogP contribution in [0.4, 0.5) is 13.2 Å². The zero-order valence-electron chi connectivity index (χ0n) is 20.2. The Bertz CT molecular complexity index is 937. The van der Waals surface area contributed by atoms with Crippen LogP contribution in [0, 0.1) is 18.8 Å². The molecule has 2 unspecified atom stereocenters. The molecule has 33 heavy (non-hydrogen) atoms. The van der Waals surface area contributed by atoms with Crippen LogP contribution in [-0.4, -0.2) is 47.9 Å². The minimum Gasteiger partial charge on any atom is -0.336 e. The molecule has 0 radical (unpaired) electrons. The molecule has 6 heteroatoms. The summed E-state index contributed by atoms with van der Waals surface area (Å²) in [5.74, 6) is 0.429. The summed E-state index contributed by atoms with van der Waals surface area (Å²) in [6.07, 6.45) is -4.37. The van der Waals surface area contributed by atoms with Crippen molar-refractivity contribution in [1.82, 2.24) is 9.80 Å². The molecule has 1 fully saturated rings. The molecule has 1 aliphatic heterocycles. The van der Waals surface area contributed by atoms with Gasteiger partial charge in [-0.2, -0.15) is 13.2 Å². The average Bonchev–Trinajstić information content (AvgIpc) is 3.13. The van der Waals surface area contributed by atoms with Gasteiger partial charge in [0.05, 0.1) is 5.56 Å². The maximum atomic E-state index is 13.4. The van der Waals surface area contributed by atoms with E-state index in [0.717, 1.165) is 24.7 Å². The van der Waals surface area contributed by atoms with Crippen LogP contribution < -0.4 is 0 Å². The van der Waals surface area contributed by atoms with Crippen LogP contribution in [0.15, 0.2) is 48.5 Å². The molecule has 0 N–H and O–H groups in total. The van der Waals surface area contributed by atoms with Gasteiger partial charge in [0.2, 0.25) is 0 Å². The van der Waals surface area contributed by atoms with Gasteiger partial charge in [0.1, 0.15) is 0 Å². The first-order chi connectivity index (χ1) is 15.5. The van der Waals surface area contributed by atoms with E-state index >= 15 is 0 Å². The SMILES string of the molecule is Cc1ccc(C(=O)N(CC2CN(CC(C)C)CC2c2cccc(C(F)(F)F)c2)C(C)C)cc1. The molecular formula is C27H35F3N2O. The number of hydrogen-bond donors (Lipinski definition) is 0. The number of likely N-dealkylation sites (tertiary alicyclic amines) is 1. The highest BCUT2D eigenvalue weighted by molar-refractivity contribution is 5.94. The van der Waals surface area contributed by atoms with Gasteiger partial charge in [-0.05, 0) is 56.4 Å². The summed E-state index contributed by atoms with van der Waals surface area (Å²) >= 11 is 0. The molecule has 0 saturated carbocycles. The standard InChI is InChI=1S/C27H35F3N2O/c1-18(2)14-31-15-23(25(17-31)22-7-6-8-24(13-22)27(28,29)30)16-32(19(3)4)26(33)21-11-9-20(5)10-12-21/h6-13,18-19,23,25H,14-17H2,1-5H3. The van der Waals surface area contributed by atoms with Crippen LogP contribution in [-0.2, 0) is 6.18 Å². The van der Waals surface area contributed by atoms with Crippen molar-refractivity contribution in [3.8, 4) is 0 Å². The molecule has 0 aliphatic carbocycles. The summed E-state index contributed by atoms with van der Waals surface area (Å²) in [4.78, 5) is 17.5. The predicted molar refractivity (Wildman–Crippen MR) is 126 cm³/mol. The Balaban J connectivity index is 1.89. The molecule has 2 aromatic rings. The van der Waals surface area contributed by atoms with E-state index in [1.807, 2.05) is 49.9 Å². The van der Waals surface area contributed by atoms with E-state index < -0.39 is 11.7 Å². The fourth-order valence-corrected chi connectivity index (χ4v) is 4.78. The number of aryl methyl sites for hydroxylation is 1. The number of halogens is 3. The third-order valence-electron chi connectivity index (χ3n) is 6.40. The lowest BCUT2D eigenvalue weighted by atomic mass is 9.87. The zero-order valence-corrected chi connectivity index (χ0v) is 20.2. The van der Waals surface area contributed by atoms with Gasteiger partial charge >= 0.3 is 6.18 Å². The number of alkyl halides is 3. The quantitative estimate of drug-likeness (QED) is 0.489. The molecule has 1 heterocycles. The molecule has 2 aromatic carbocycles. The van der Waals surface area contributed by atoms with E-state index in [1.54, 1.807) is 6.07 Å². The van der Waals surface area contributed by atoms with Gasteiger partial charge in [0.15, 0.2) is 0 Å². The van der Waals surface area contributed by atoms with Crippen molar-refractivity contribution < 1.29 is 18.0 Å². The Morgan fingerprint density at radius 2 is 1.73 bits per heavy atom. The van der Waals surface area contributed by atoms with Crippen LogP contribution in [0.2, 0.25) is 0 Å². The van der Waals surface area contributed by atoms with E-state index in [0.29, 0.717) is 30.1 Å². The smallest absolute Gasteiger partial charge is 0.336 e. The topological polar surface area (TPSA) is 23.6 Å². The van der Waals surface area contributed by atoms with Crippen molar-refractivity contribution in [1.29, 1.82) is 0 Å². The van der Waals surface area contributed by atoms with Crippen LogP contribution in [0.25, 0.3) is 0 Å². The molecule has 0 spiro atoms. The third kappa shape index (κ3) is 6.38. The van der Waals surface area contributed by atoms with Gasteiger partial charge in [0, 0.05) is 43.7 Å². The Morgan fingerprint density at radius 1 is 1.06 bits per heavy atom. The molecule has 180 valence electrons. The van der Waals surface area contributed by atoms with E-state index in [2.05, 4.69) is 18.7 Å². The Morgan fingerprint density at radius 3 is 2.30 bits per heavy atom. The van der Waals surface area contributed by atoms with Crippen molar-refractivity contribution in [3.05, 3.63) is 70.8 Å². The minimum atomic E-state index is -4.37. The summed E-state index contributed by atoms with van der Waals surface area (Å²) in [6.45, 7) is 13.1. The lowest BCUT2D eigenvalue weighted by Crippen LogP contribution is -2.42. The highest BCUT2D eigenvalue weighted by Gasteiger charge is 2.38. The number of hydrogen-bond acceptors (Lipinski definition) is 2. The Hall–Kier alpha value is -2.34. The summed E-state index contributed by atoms with van der Waals surface area (Å²) in [5.41, 5.74) is 1.82. The Kier molecular flexibility index (Phi) is 7.88. The second-order valence-electron chi connectivity index (χ2n) is 10.0. The number of carbonyl (C=O) groups excluding carboxylic acids is 1. The summed E-state index contributed by atoms with van der Waals surface area (Å²) in [6, 6.07) is 13.2. The number of benzene rings is 2. The van der Waals surface area contributed by atoms with E-state index in [-0.39, 0.29) is 23.8 Å². The van der Waals surface area contributed by atoms with Crippen molar-refractivity contribution in [2.75, 3.05) is 26.2 Å². The lowest BCUT2D eigenvalue weighted by molar-refractivity contribution is -0.137. The van der Waals surface area contributed by atoms with E-state index in [1.165, 1.54) is 12.1 Å². The predicted octanol–water partition coefficient (Wildman–Crippen LogP) is 6.24. The van der Waals surface area contributed by atoms with Crippen LogP contribution >= 0.6 is 0 Å². The van der Waals surface area contributed by atoms with Crippen LogP contribution in [0.3, 0.4) is 0 Å². The van der Waals surface area contributed by atoms with Crippen molar-refractivity contribution >= 4 is 5.91 Å². The van der Waals surface area contributed by atoms with Gasteiger partial charge in [-0.15, -0.1) is 0 Å². The molecule has 1 saturated heterocycles. The van der Waals surface area contributed by atoms with Crippen molar-refractivity contribution in [2.45, 2.75) is 52.8 Å². The first-order valence-electron chi connectivity index (χ1n) is 11.7. The van der Waals surface area contributed by atoms with Crippen LogP contribution in [0.1, 0.15) is 60.7 Å². The fraction of sp³-hybridized carbons (Fsp3) is 0.519. The highest BCUT2D eigenvalue weighted by Crippen LogP contribution is 2.37. The van der Waals surface area contributed by atoms with Gasteiger partial charge < -0.3 is 9.80 Å². The first-order valence-corrected chi connectivity index (χ1v) is 11.7. The summed E-state index contributed by atoms with van der Waals surface area (Å²) in [7, 11) is 0. The zero-order chi connectivity index (χ0) is 24.3. The lowest BCUT2D eigenvalue weighted by Gasteiger charge is -2.32. The molecule has 3 rings (SSSR count). The molecule has 0 aromatic heterocycles. The largest absolute Gasteiger partial charge is 0.416 e. The average molecular weight is 461 g/mol. The van der Waals surface area contributed by atoms with Crippen molar-refractivity contribution in [2.24, 2.45) is 11.8 Å². The second-order valence-corrected chi connectivity index (χ2v) is 10.0. The van der Waals surface area contributed by atoms with E-state index in [9.17, 15) is 18.0 Å². The molecule has 1 aliphatic rings. The number of rotatable bonds is 7. The van der Waals surface area contributed by atoms with E-state index in [4.69, 9.17) is 0 Å². The molecule has 2 atom stereocenters. The highest BCUT2D eigenvalue weighted by atomic mass is 19.4. The summed E-state index contributed by atoms with van der Waals surface area (Å²) < 4.78 is 40.1.